The standard InChI is InChI=1S/C14H19BrN2O/c1-9-8-11(6-7-16-9)14(18)17-13-5-3-4-12(15)10(13)2/h3-5,9,11,16H,6-8H2,1-2H3,(H,17,18)/t9-,11-/m0/s1. The molecule has 0 aromatic heterocycles. The lowest BCUT2D eigenvalue weighted by Crippen LogP contribution is -2.40. The summed E-state index contributed by atoms with van der Waals surface area (Å²) >= 11 is 3.48. The highest BCUT2D eigenvalue weighted by atomic mass is 79.9. The lowest BCUT2D eigenvalue weighted by atomic mass is 9.92. The van der Waals surface area contributed by atoms with Gasteiger partial charge in [0.15, 0.2) is 0 Å². The monoisotopic (exact) mass is 310 g/mol. The van der Waals surface area contributed by atoms with E-state index < -0.39 is 0 Å². The van der Waals surface area contributed by atoms with Crippen molar-refractivity contribution in [2.75, 3.05) is 11.9 Å². The van der Waals surface area contributed by atoms with E-state index in [4.69, 9.17) is 0 Å². The maximum Gasteiger partial charge on any atom is 0.227 e. The van der Waals surface area contributed by atoms with Crippen LogP contribution in [0, 0.1) is 12.8 Å². The molecule has 0 unspecified atom stereocenters. The number of carbonyl (C=O) groups excluding carboxylic acids is 1. The highest BCUT2D eigenvalue weighted by Gasteiger charge is 2.24. The molecule has 0 radical (unpaired) electrons. The minimum Gasteiger partial charge on any atom is -0.326 e. The van der Waals surface area contributed by atoms with E-state index in [1.54, 1.807) is 0 Å². The van der Waals surface area contributed by atoms with Crippen molar-refractivity contribution in [3.05, 3.63) is 28.2 Å². The van der Waals surface area contributed by atoms with Crippen LogP contribution < -0.4 is 10.6 Å². The molecule has 1 fully saturated rings. The van der Waals surface area contributed by atoms with Crippen LogP contribution in [0.15, 0.2) is 22.7 Å². The Labute approximate surface area is 116 Å². The number of carbonyl (C=O) groups is 1. The van der Waals surface area contributed by atoms with E-state index in [1.165, 1.54) is 0 Å². The van der Waals surface area contributed by atoms with Gasteiger partial charge in [0.2, 0.25) is 5.91 Å². The van der Waals surface area contributed by atoms with E-state index in [1.807, 2.05) is 25.1 Å². The third-order valence-electron chi connectivity index (χ3n) is 3.52. The maximum atomic E-state index is 12.2. The van der Waals surface area contributed by atoms with Crippen LogP contribution in [0.4, 0.5) is 5.69 Å². The first kappa shape index (κ1) is 13.6. The number of halogens is 1. The van der Waals surface area contributed by atoms with Gasteiger partial charge in [-0.15, -0.1) is 0 Å². The molecule has 1 aromatic carbocycles. The van der Waals surface area contributed by atoms with Crippen molar-refractivity contribution in [3.63, 3.8) is 0 Å². The number of nitrogens with one attached hydrogen (secondary N) is 2. The molecular weight excluding hydrogens is 292 g/mol. The number of anilines is 1. The Morgan fingerprint density at radius 3 is 3.00 bits per heavy atom. The minimum atomic E-state index is 0.125. The number of amides is 1. The van der Waals surface area contributed by atoms with Gasteiger partial charge in [0.05, 0.1) is 0 Å². The van der Waals surface area contributed by atoms with E-state index in [-0.39, 0.29) is 11.8 Å². The fourth-order valence-corrected chi connectivity index (χ4v) is 2.71. The van der Waals surface area contributed by atoms with Gasteiger partial charge < -0.3 is 10.6 Å². The van der Waals surface area contributed by atoms with Crippen LogP contribution >= 0.6 is 15.9 Å². The zero-order valence-electron chi connectivity index (χ0n) is 10.8. The molecule has 0 bridgehead atoms. The van der Waals surface area contributed by atoms with Crippen molar-refractivity contribution >= 4 is 27.5 Å². The molecule has 2 atom stereocenters. The highest BCUT2D eigenvalue weighted by Crippen LogP contribution is 2.25. The van der Waals surface area contributed by atoms with E-state index in [2.05, 4.69) is 33.5 Å². The molecule has 1 heterocycles. The van der Waals surface area contributed by atoms with Crippen molar-refractivity contribution in [2.45, 2.75) is 32.7 Å². The molecule has 0 spiro atoms. The summed E-state index contributed by atoms with van der Waals surface area (Å²) < 4.78 is 1.03. The number of hydrogen-bond donors (Lipinski definition) is 2. The first-order valence-electron chi connectivity index (χ1n) is 6.37. The molecule has 1 aromatic rings. The highest BCUT2D eigenvalue weighted by molar-refractivity contribution is 9.10. The Hall–Kier alpha value is -0.870. The Morgan fingerprint density at radius 1 is 1.50 bits per heavy atom. The fourth-order valence-electron chi connectivity index (χ4n) is 2.35. The van der Waals surface area contributed by atoms with Crippen molar-refractivity contribution in [2.24, 2.45) is 5.92 Å². The Balaban J connectivity index is 2.04. The van der Waals surface area contributed by atoms with E-state index in [0.29, 0.717) is 6.04 Å². The van der Waals surface area contributed by atoms with Crippen LogP contribution in [-0.4, -0.2) is 18.5 Å². The topological polar surface area (TPSA) is 41.1 Å². The molecule has 98 valence electrons. The Morgan fingerprint density at radius 2 is 2.28 bits per heavy atom. The molecular formula is C14H19BrN2O. The molecule has 2 N–H and O–H groups in total. The lowest BCUT2D eigenvalue weighted by Gasteiger charge is -2.27. The van der Waals surface area contributed by atoms with Crippen LogP contribution in [0.25, 0.3) is 0 Å². The summed E-state index contributed by atoms with van der Waals surface area (Å²) in [5.41, 5.74) is 1.98. The van der Waals surface area contributed by atoms with E-state index >= 15 is 0 Å². The van der Waals surface area contributed by atoms with Crippen molar-refractivity contribution in [1.82, 2.24) is 5.32 Å². The van der Waals surface area contributed by atoms with Gasteiger partial charge in [-0.3, -0.25) is 4.79 Å². The van der Waals surface area contributed by atoms with Gasteiger partial charge >= 0.3 is 0 Å². The quantitative estimate of drug-likeness (QED) is 0.881. The number of piperidine rings is 1. The Kier molecular flexibility index (Phi) is 4.40. The van der Waals surface area contributed by atoms with Crippen LogP contribution in [0.2, 0.25) is 0 Å². The van der Waals surface area contributed by atoms with Crippen LogP contribution in [0.5, 0.6) is 0 Å². The lowest BCUT2D eigenvalue weighted by molar-refractivity contribution is -0.120. The van der Waals surface area contributed by atoms with Gasteiger partial charge in [-0.2, -0.15) is 0 Å². The molecule has 3 nitrogen and oxygen atoms in total. The summed E-state index contributed by atoms with van der Waals surface area (Å²) in [7, 11) is 0. The average Bonchev–Trinajstić information content (AvgIpc) is 2.35. The van der Waals surface area contributed by atoms with Crippen LogP contribution in [0.1, 0.15) is 25.3 Å². The summed E-state index contributed by atoms with van der Waals surface area (Å²) in [4.78, 5) is 12.2. The summed E-state index contributed by atoms with van der Waals surface area (Å²) in [6, 6.07) is 6.30. The van der Waals surface area contributed by atoms with Crippen LogP contribution in [0.3, 0.4) is 0 Å². The largest absolute Gasteiger partial charge is 0.326 e. The average molecular weight is 311 g/mol. The fraction of sp³-hybridized carbons (Fsp3) is 0.500. The first-order valence-corrected chi connectivity index (χ1v) is 7.16. The maximum absolute atomic E-state index is 12.2. The molecule has 4 heteroatoms. The summed E-state index contributed by atoms with van der Waals surface area (Å²) in [5, 5.41) is 6.41. The number of rotatable bonds is 2. The molecule has 0 saturated carbocycles. The van der Waals surface area contributed by atoms with Crippen molar-refractivity contribution < 1.29 is 4.79 Å². The third-order valence-corrected chi connectivity index (χ3v) is 4.38. The van der Waals surface area contributed by atoms with Crippen molar-refractivity contribution in [1.29, 1.82) is 0 Å². The van der Waals surface area contributed by atoms with E-state index in [9.17, 15) is 4.79 Å². The number of hydrogen-bond acceptors (Lipinski definition) is 2. The second kappa shape index (κ2) is 5.85. The van der Waals surface area contributed by atoms with Gasteiger partial charge in [0.1, 0.15) is 0 Å². The number of benzene rings is 1. The second-order valence-corrected chi connectivity index (χ2v) is 5.83. The van der Waals surface area contributed by atoms with Gasteiger partial charge in [-0.05, 0) is 50.9 Å². The molecule has 1 saturated heterocycles. The van der Waals surface area contributed by atoms with Gasteiger partial charge in [-0.25, -0.2) is 0 Å². The van der Waals surface area contributed by atoms with Gasteiger partial charge in [0.25, 0.3) is 0 Å². The molecule has 1 amide bonds. The Bertz CT molecular complexity index is 447. The van der Waals surface area contributed by atoms with Crippen molar-refractivity contribution in [3.8, 4) is 0 Å². The normalized spacial score (nSPS) is 23.7. The zero-order chi connectivity index (χ0) is 13.1. The first-order chi connectivity index (χ1) is 8.58. The van der Waals surface area contributed by atoms with Gasteiger partial charge in [0, 0.05) is 22.1 Å². The molecule has 2 rings (SSSR count). The second-order valence-electron chi connectivity index (χ2n) is 4.98. The predicted molar refractivity (Wildman–Crippen MR) is 77.7 cm³/mol. The molecule has 1 aliphatic heterocycles. The summed E-state index contributed by atoms with van der Waals surface area (Å²) in [6.07, 6.45) is 1.84. The van der Waals surface area contributed by atoms with E-state index in [0.717, 1.165) is 35.1 Å². The predicted octanol–water partition coefficient (Wildman–Crippen LogP) is 3.08. The van der Waals surface area contributed by atoms with Gasteiger partial charge in [-0.1, -0.05) is 22.0 Å². The molecule has 1 aliphatic rings. The summed E-state index contributed by atoms with van der Waals surface area (Å²) in [6.45, 7) is 5.06. The minimum absolute atomic E-state index is 0.125. The smallest absolute Gasteiger partial charge is 0.227 e. The SMILES string of the molecule is Cc1c(Br)cccc1NC(=O)[C@H]1CCN[C@@H](C)C1. The van der Waals surface area contributed by atoms with Crippen LogP contribution in [-0.2, 0) is 4.79 Å². The molecule has 0 aliphatic carbocycles. The third kappa shape index (κ3) is 3.12. The summed E-state index contributed by atoms with van der Waals surface area (Å²) in [5.74, 6) is 0.268. The zero-order valence-corrected chi connectivity index (χ0v) is 12.4. The molecule has 18 heavy (non-hydrogen) atoms.